The van der Waals surface area contributed by atoms with Crippen molar-refractivity contribution in [2.75, 3.05) is 31.8 Å². The summed E-state index contributed by atoms with van der Waals surface area (Å²) < 4.78 is 5.27. The van der Waals surface area contributed by atoms with Crippen molar-refractivity contribution in [3.8, 4) is 0 Å². The lowest BCUT2D eigenvalue weighted by molar-refractivity contribution is -0.131. The molecule has 1 fully saturated rings. The van der Waals surface area contributed by atoms with Crippen LogP contribution in [0, 0.1) is 5.41 Å². The molecule has 0 aromatic rings. The summed E-state index contributed by atoms with van der Waals surface area (Å²) in [6.45, 7) is 1.79. The molecule has 4 nitrogen and oxygen atoms in total. The predicted octanol–water partition coefficient (Wildman–Crippen LogP) is 0.939. The second kappa shape index (κ2) is 7.18. The molecule has 0 spiro atoms. The number of ether oxygens (including phenoxy) is 1. The first kappa shape index (κ1) is 14.7. The molecule has 1 aliphatic rings. The van der Waals surface area contributed by atoms with Crippen molar-refractivity contribution < 1.29 is 9.53 Å². The number of amides is 1. The molecule has 0 bridgehead atoms. The molecule has 1 saturated heterocycles. The van der Waals surface area contributed by atoms with Gasteiger partial charge in [0.1, 0.15) is 5.41 Å². The fraction of sp³-hybridized carbons (Fsp3) is 0.818. The van der Waals surface area contributed by atoms with E-state index < -0.39 is 5.41 Å². The van der Waals surface area contributed by atoms with Gasteiger partial charge in [0, 0.05) is 19.8 Å². The Morgan fingerprint density at radius 2 is 2.18 bits per heavy atom. The summed E-state index contributed by atoms with van der Waals surface area (Å²) in [6, 6.07) is 0. The van der Waals surface area contributed by atoms with Crippen molar-refractivity contribution in [1.82, 2.24) is 5.32 Å². The van der Waals surface area contributed by atoms with Crippen molar-refractivity contribution in [3.05, 3.63) is 0 Å². The van der Waals surface area contributed by atoms with Crippen molar-refractivity contribution in [2.24, 2.45) is 11.1 Å². The maximum Gasteiger partial charge on any atom is 0.233 e. The Hall–Kier alpha value is -0.330. The summed E-state index contributed by atoms with van der Waals surface area (Å²) in [7, 11) is 0. The Morgan fingerprint density at radius 3 is 2.71 bits per heavy atom. The monoisotopic (exact) mass is 276 g/mol. The zero-order valence-corrected chi connectivity index (χ0v) is 11.8. The first-order valence-electron chi connectivity index (χ1n) is 5.78. The van der Waals surface area contributed by atoms with Gasteiger partial charge in [-0.2, -0.15) is 11.8 Å². The van der Waals surface area contributed by atoms with E-state index in [1.165, 1.54) is 0 Å². The minimum atomic E-state index is -0.688. The number of rotatable bonds is 6. The van der Waals surface area contributed by atoms with Gasteiger partial charge in [-0.05, 0) is 31.3 Å². The number of nitrogens with two attached hydrogens (primary N) is 1. The number of carbonyl (C=O) groups excluding carboxylic acids is 1. The van der Waals surface area contributed by atoms with Gasteiger partial charge in [0.05, 0.1) is 4.99 Å². The summed E-state index contributed by atoms with van der Waals surface area (Å²) in [4.78, 5) is 12.5. The maximum absolute atomic E-state index is 12.2. The molecule has 1 amide bonds. The third kappa shape index (κ3) is 3.82. The summed E-state index contributed by atoms with van der Waals surface area (Å²) in [5.41, 5.74) is 5.06. The number of carbonyl (C=O) groups is 1. The molecule has 0 radical (unpaired) electrons. The van der Waals surface area contributed by atoms with E-state index in [4.69, 9.17) is 22.7 Å². The van der Waals surface area contributed by atoms with Crippen LogP contribution in [0.2, 0.25) is 0 Å². The molecular formula is C11H20N2O2S2. The average molecular weight is 276 g/mol. The fourth-order valence-corrected chi connectivity index (χ4v) is 2.62. The fourth-order valence-electron chi connectivity index (χ4n) is 1.89. The average Bonchev–Trinajstić information content (AvgIpc) is 2.35. The van der Waals surface area contributed by atoms with Crippen LogP contribution in [-0.4, -0.2) is 42.7 Å². The van der Waals surface area contributed by atoms with Crippen LogP contribution in [0.15, 0.2) is 0 Å². The number of hydrogen-bond acceptors (Lipinski definition) is 4. The lowest BCUT2D eigenvalue weighted by atomic mass is 9.79. The molecule has 98 valence electrons. The lowest BCUT2D eigenvalue weighted by Gasteiger charge is -2.34. The van der Waals surface area contributed by atoms with Crippen molar-refractivity contribution in [1.29, 1.82) is 0 Å². The van der Waals surface area contributed by atoms with Crippen LogP contribution in [-0.2, 0) is 9.53 Å². The third-order valence-electron chi connectivity index (χ3n) is 3.06. The van der Waals surface area contributed by atoms with E-state index in [0.29, 0.717) is 37.6 Å². The number of thiocarbonyl (C=S) groups is 1. The highest BCUT2D eigenvalue weighted by Crippen LogP contribution is 2.31. The number of hydrogen-bond donors (Lipinski definition) is 2. The molecule has 1 aliphatic heterocycles. The Morgan fingerprint density at radius 1 is 1.53 bits per heavy atom. The maximum atomic E-state index is 12.2. The highest BCUT2D eigenvalue weighted by Gasteiger charge is 2.42. The van der Waals surface area contributed by atoms with Gasteiger partial charge < -0.3 is 15.8 Å². The van der Waals surface area contributed by atoms with Crippen LogP contribution in [0.4, 0.5) is 0 Å². The molecule has 0 aromatic carbocycles. The summed E-state index contributed by atoms with van der Waals surface area (Å²) in [6.07, 6.45) is 4.21. The minimum Gasteiger partial charge on any atom is -0.392 e. The molecule has 1 heterocycles. The van der Waals surface area contributed by atoms with Crippen LogP contribution in [0.3, 0.4) is 0 Å². The van der Waals surface area contributed by atoms with Gasteiger partial charge in [-0.15, -0.1) is 0 Å². The van der Waals surface area contributed by atoms with E-state index in [2.05, 4.69) is 11.6 Å². The summed E-state index contributed by atoms with van der Waals surface area (Å²) >= 11 is 6.84. The van der Waals surface area contributed by atoms with E-state index in [1.807, 2.05) is 0 Å². The van der Waals surface area contributed by atoms with Gasteiger partial charge in [-0.1, -0.05) is 12.2 Å². The summed E-state index contributed by atoms with van der Waals surface area (Å²) in [5.74, 6) is 1.01. The number of thioether (sulfide) groups is 1. The van der Waals surface area contributed by atoms with Crippen LogP contribution < -0.4 is 11.1 Å². The van der Waals surface area contributed by atoms with E-state index in [-0.39, 0.29) is 5.91 Å². The Balaban J connectivity index is 2.52. The Kier molecular flexibility index (Phi) is 6.22. The molecule has 1 rings (SSSR count). The molecule has 17 heavy (non-hydrogen) atoms. The van der Waals surface area contributed by atoms with E-state index in [0.717, 1.165) is 12.2 Å². The predicted molar refractivity (Wildman–Crippen MR) is 75.3 cm³/mol. The molecule has 3 N–H and O–H groups in total. The summed E-state index contributed by atoms with van der Waals surface area (Å²) in [5, 5.41) is 2.93. The molecule has 0 aliphatic carbocycles. The van der Waals surface area contributed by atoms with Gasteiger partial charge in [0.2, 0.25) is 5.91 Å². The van der Waals surface area contributed by atoms with Crippen LogP contribution in [0.1, 0.15) is 19.3 Å². The first-order valence-corrected chi connectivity index (χ1v) is 7.58. The molecule has 6 heteroatoms. The van der Waals surface area contributed by atoms with Crippen LogP contribution >= 0.6 is 24.0 Å². The minimum absolute atomic E-state index is 0.0330. The molecule has 0 unspecified atom stereocenters. The van der Waals surface area contributed by atoms with E-state index in [1.54, 1.807) is 11.8 Å². The second-order valence-electron chi connectivity index (χ2n) is 4.16. The molecular weight excluding hydrogens is 256 g/mol. The van der Waals surface area contributed by atoms with Gasteiger partial charge in [-0.25, -0.2) is 0 Å². The quantitative estimate of drug-likeness (QED) is 0.558. The molecule has 0 aromatic heterocycles. The second-order valence-corrected chi connectivity index (χ2v) is 5.59. The standard InChI is InChI=1S/C11H20N2O2S2/c1-17-8-2-5-13-10(14)11(9(12)16)3-6-15-7-4-11/h2-8H2,1H3,(H2,12,16)(H,13,14). The SMILES string of the molecule is CSCCCNC(=O)C1(C(N)=S)CCOCC1. The van der Waals surface area contributed by atoms with E-state index in [9.17, 15) is 4.79 Å². The third-order valence-corrected chi connectivity index (χ3v) is 4.15. The van der Waals surface area contributed by atoms with Crippen LogP contribution in [0.25, 0.3) is 0 Å². The Labute approximate surface area is 112 Å². The highest BCUT2D eigenvalue weighted by molar-refractivity contribution is 7.98. The first-order chi connectivity index (χ1) is 8.13. The van der Waals surface area contributed by atoms with Crippen molar-refractivity contribution >= 4 is 34.9 Å². The highest BCUT2D eigenvalue weighted by atomic mass is 32.2. The normalized spacial score (nSPS) is 18.6. The van der Waals surface area contributed by atoms with Crippen molar-refractivity contribution in [3.63, 3.8) is 0 Å². The topological polar surface area (TPSA) is 64.4 Å². The smallest absolute Gasteiger partial charge is 0.233 e. The van der Waals surface area contributed by atoms with Gasteiger partial charge in [-0.3, -0.25) is 4.79 Å². The number of nitrogens with one attached hydrogen (secondary N) is 1. The van der Waals surface area contributed by atoms with Crippen LogP contribution in [0.5, 0.6) is 0 Å². The van der Waals surface area contributed by atoms with E-state index >= 15 is 0 Å². The largest absolute Gasteiger partial charge is 0.392 e. The zero-order chi connectivity index (χ0) is 12.7. The molecule has 0 atom stereocenters. The van der Waals surface area contributed by atoms with Gasteiger partial charge >= 0.3 is 0 Å². The van der Waals surface area contributed by atoms with Crippen molar-refractivity contribution in [2.45, 2.75) is 19.3 Å². The molecule has 0 saturated carbocycles. The van der Waals surface area contributed by atoms with Gasteiger partial charge in [0.15, 0.2) is 0 Å². The Bertz CT molecular complexity index is 279. The lowest BCUT2D eigenvalue weighted by Crippen LogP contribution is -2.52. The zero-order valence-electron chi connectivity index (χ0n) is 10.2. The van der Waals surface area contributed by atoms with Gasteiger partial charge in [0.25, 0.3) is 0 Å².